The van der Waals surface area contributed by atoms with Crippen molar-refractivity contribution in [3.63, 3.8) is 0 Å². The van der Waals surface area contributed by atoms with E-state index in [-0.39, 0.29) is 12.2 Å². The molecule has 1 aromatic carbocycles. The number of likely N-dealkylation sites (tertiary alicyclic amines) is 1. The molecule has 0 unspecified atom stereocenters. The molecule has 2 amide bonds. The van der Waals surface area contributed by atoms with Crippen LogP contribution in [0.5, 0.6) is 5.75 Å². The minimum Gasteiger partial charge on any atom is -0.484 e. The number of ether oxygens (including phenoxy) is 2. The summed E-state index contributed by atoms with van der Waals surface area (Å²) in [7, 11) is 3.38. The molecule has 2 aromatic heterocycles. The second-order valence-electron chi connectivity index (χ2n) is 11.1. The van der Waals surface area contributed by atoms with Crippen molar-refractivity contribution in [2.45, 2.75) is 58.2 Å². The molecule has 1 aliphatic carbocycles. The Morgan fingerprint density at radius 3 is 2.58 bits per heavy atom. The lowest BCUT2D eigenvalue weighted by Crippen LogP contribution is -2.57. The van der Waals surface area contributed by atoms with Crippen molar-refractivity contribution in [1.29, 1.82) is 5.41 Å². The first kappa shape index (κ1) is 29.1. The van der Waals surface area contributed by atoms with Gasteiger partial charge in [-0.2, -0.15) is 0 Å². The maximum atomic E-state index is 12.3. The third kappa shape index (κ3) is 6.79. The van der Waals surface area contributed by atoms with Crippen LogP contribution in [-0.2, 0) is 22.4 Å². The maximum Gasteiger partial charge on any atom is 0.410 e. The Bertz CT molecular complexity index is 1390. The standard InChI is InChI=1S/C25H30N6O3S.C3H7NO/c1-25(2,3)34-24(32)31-11-15(12-31)33-19-9-17(27)14(10-26)8-18(19)30-22-21-16-6-4-5-7-20(16)35-23(21)29-13-28-22;1-4(2)3-5/h8-10,13,15,26H,4-7,11-12,27H2,1-3H3,(H,28,29,30);3H,1-2H3. The molecule has 2 aliphatic rings. The van der Waals surface area contributed by atoms with Gasteiger partial charge in [-0.15, -0.1) is 11.3 Å². The summed E-state index contributed by atoms with van der Waals surface area (Å²) < 4.78 is 11.7. The molecule has 3 aromatic rings. The SMILES string of the molecule is CC(C)(C)OC(=O)N1CC(Oc2cc(N)c(C=N)cc2Nc2ncnc3sc4c(c23)CCCC4)C1.CN(C)C=O. The Morgan fingerprint density at radius 1 is 1.23 bits per heavy atom. The normalized spacial score (nSPS) is 14.8. The Balaban J connectivity index is 0.000000681. The largest absolute Gasteiger partial charge is 0.484 e. The Morgan fingerprint density at radius 2 is 1.93 bits per heavy atom. The molecule has 214 valence electrons. The van der Waals surface area contributed by atoms with Gasteiger partial charge in [0.05, 0.1) is 24.2 Å². The van der Waals surface area contributed by atoms with Crippen LogP contribution in [-0.4, -0.2) is 77.4 Å². The van der Waals surface area contributed by atoms with Crippen LogP contribution in [0.1, 0.15) is 49.6 Å². The van der Waals surface area contributed by atoms with E-state index >= 15 is 0 Å². The van der Waals surface area contributed by atoms with Crippen LogP contribution in [0.15, 0.2) is 18.5 Å². The summed E-state index contributed by atoms with van der Waals surface area (Å²) in [5, 5.41) is 12.2. The van der Waals surface area contributed by atoms with E-state index in [4.69, 9.17) is 20.6 Å². The van der Waals surface area contributed by atoms with Gasteiger partial charge in [-0.05, 0) is 58.1 Å². The van der Waals surface area contributed by atoms with Crippen LogP contribution < -0.4 is 15.8 Å². The summed E-state index contributed by atoms with van der Waals surface area (Å²) in [5.41, 5.74) is 8.67. The average Bonchev–Trinajstić information content (AvgIpc) is 3.26. The zero-order chi connectivity index (χ0) is 29.0. The van der Waals surface area contributed by atoms with Crippen molar-refractivity contribution in [2.75, 3.05) is 38.2 Å². The van der Waals surface area contributed by atoms with E-state index in [9.17, 15) is 9.59 Å². The summed E-state index contributed by atoms with van der Waals surface area (Å²) in [5.74, 6) is 1.28. The molecule has 1 saturated heterocycles. The number of thiophene rings is 1. The van der Waals surface area contributed by atoms with E-state index in [0.29, 0.717) is 35.8 Å². The number of nitrogens with two attached hydrogens (primary N) is 1. The molecule has 5 rings (SSSR count). The molecule has 4 N–H and O–H groups in total. The first-order valence-electron chi connectivity index (χ1n) is 13.2. The summed E-state index contributed by atoms with van der Waals surface area (Å²) in [6.07, 6.45) is 7.49. The predicted molar refractivity (Wildman–Crippen MR) is 158 cm³/mol. The molecular weight excluding hydrogens is 530 g/mol. The molecule has 12 heteroatoms. The number of aromatic nitrogens is 2. The average molecular weight is 568 g/mol. The van der Waals surface area contributed by atoms with Gasteiger partial charge in [0.2, 0.25) is 6.41 Å². The van der Waals surface area contributed by atoms with Gasteiger partial charge in [0.25, 0.3) is 0 Å². The van der Waals surface area contributed by atoms with Gasteiger partial charge in [0.1, 0.15) is 34.4 Å². The molecule has 1 aliphatic heterocycles. The lowest BCUT2D eigenvalue weighted by Gasteiger charge is -2.39. The van der Waals surface area contributed by atoms with Gasteiger partial charge in [0, 0.05) is 42.5 Å². The van der Waals surface area contributed by atoms with Gasteiger partial charge in [-0.25, -0.2) is 14.8 Å². The fourth-order valence-electron chi connectivity index (χ4n) is 4.41. The lowest BCUT2D eigenvalue weighted by atomic mass is 9.97. The van der Waals surface area contributed by atoms with Crippen molar-refractivity contribution in [3.05, 3.63) is 34.5 Å². The molecular formula is C28H37N7O4S. The molecule has 3 heterocycles. The zero-order valence-electron chi connectivity index (χ0n) is 23.6. The minimum absolute atomic E-state index is 0.187. The summed E-state index contributed by atoms with van der Waals surface area (Å²) in [6.45, 7) is 6.39. The van der Waals surface area contributed by atoms with E-state index in [1.54, 1.807) is 48.8 Å². The lowest BCUT2D eigenvalue weighted by molar-refractivity contribution is -0.115. The van der Waals surface area contributed by atoms with E-state index in [1.807, 2.05) is 20.8 Å². The second kappa shape index (κ2) is 12.1. The smallest absolute Gasteiger partial charge is 0.410 e. The zero-order valence-corrected chi connectivity index (χ0v) is 24.4. The third-order valence-electron chi connectivity index (χ3n) is 6.35. The maximum absolute atomic E-state index is 12.3. The molecule has 11 nitrogen and oxygen atoms in total. The summed E-state index contributed by atoms with van der Waals surface area (Å²) >= 11 is 1.74. The second-order valence-corrected chi connectivity index (χ2v) is 12.1. The monoisotopic (exact) mass is 567 g/mol. The number of nitrogen functional groups attached to an aromatic ring is 1. The topological polar surface area (TPSA) is 147 Å². The number of rotatable bonds is 6. The molecule has 0 radical (unpaired) electrons. The van der Waals surface area contributed by atoms with Crippen LogP contribution in [0.3, 0.4) is 0 Å². The fourth-order valence-corrected chi connectivity index (χ4v) is 5.64. The first-order chi connectivity index (χ1) is 19.0. The highest BCUT2D eigenvalue weighted by molar-refractivity contribution is 7.19. The van der Waals surface area contributed by atoms with Gasteiger partial charge in [0.15, 0.2) is 0 Å². The number of anilines is 3. The Labute approximate surface area is 238 Å². The van der Waals surface area contributed by atoms with Crippen molar-refractivity contribution >= 4 is 57.5 Å². The van der Waals surface area contributed by atoms with Crippen molar-refractivity contribution in [1.82, 2.24) is 19.8 Å². The highest BCUT2D eigenvalue weighted by Gasteiger charge is 2.35. The van der Waals surface area contributed by atoms with Gasteiger partial charge < -0.3 is 35.7 Å². The number of nitrogens with one attached hydrogen (secondary N) is 2. The van der Waals surface area contributed by atoms with Crippen LogP contribution in [0.2, 0.25) is 0 Å². The van der Waals surface area contributed by atoms with Gasteiger partial charge in [-0.1, -0.05) is 0 Å². The number of fused-ring (bicyclic) bond motifs is 3. The minimum atomic E-state index is -0.541. The molecule has 0 saturated carbocycles. The van der Waals surface area contributed by atoms with E-state index in [1.165, 1.54) is 28.0 Å². The number of amides is 2. The van der Waals surface area contributed by atoms with E-state index < -0.39 is 5.60 Å². The van der Waals surface area contributed by atoms with Crippen molar-refractivity contribution in [2.24, 2.45) is 0 Å². The third-order valence-corrected chi connectivity index (χ3v) is 7.55. The van der Waals surface area contributed by atoms with E-state index in [0.717, 1.165) is 41.7 Å². The molecule has 0 atom stereocenters. The highest BCUT2D eigenvalue weighted by atomic mass is 32.1. The molecule has 1 fully saturated rings. The fraction of sp³-hybridized carbons (Fsp3) is 0.464. The number of hydrogen-bond donors (Lipinski definition) is 3. The number of benzene rings is 1. The molecule has 0 bridgehead atoms. The summed E-state index contributed by atoms with van der Waals surface area (Å²) in [4.78, 5) is 36.2. The van der Waals surface area contributed by atoms with Crippen molar-refractivity contribution < 1.29 is 19.1 Å². The van der Waals surface area contributed by atoms with Crippen LogP contribution in [0.25, 0.3) is 10.2 Å². The van der Waals surface area contributed by atoms with Gasteiger partial charge >= 0.3 is 6.09 Å². The Kier molecular flexibility index (Phi) is 8.77. The number of carbonyl (C=O) groups is 2. The quantitative estimate of drug-likeness (QED) is 0.223. The number of hydrogen-bond acceptors (Lipinski definition) is 10. The number of nitrogens with zero attached hydrogens (tertiary/aromatic N) is 4. The predicted octanol–water partition coefficient (Wildman–Crippen LogP) is 4.60. The van der Waals surface area contributed by atoms with E-state index in [2.05, 4.69) is 15.3 Å². The Hall–Kier alpha value is -3.93. The van der Waals surface area contributed by atoms with Crippen LogP contribution in [0.4, 0.5) is 22.0 Å². The number of carbonyl (C=O) groups excluding carboxylic acids is 2. The highest BCUT2D eigenvalue weighted by Crippen LogP contribution is 2.41. The molecule has 0 spiro atoms. The number of aryl methyl sites for hydroxylation is 2. The van der Waals surface area contributed by atoms with Crippen molar-refractivity contribution in [3.8, 4) is 5.75 Å². The van der Waals surface area contributed by atoms with Gasteiger partial charge in [-0.3, -0.25) is 4.79 Å². The van der Waals surface area contributed by atoms with Crippen LogP contribution in [0, 0.1) is 5.41 Å². The summed E-state index contributed by atoms with van der Waals surface area (Å²) in [6, 6.07) is 3.52. The molecule has 40 heavy (non-hydrogen) atoms. The van der Waals surface area contributed by atoms with Crippen LogP contribution >= 0.6 is 11.3 Å². The first-order valence-corrected chi connectivity index (χ1v) is 14.0.